The lowest BCUT2D eigenvalue weighted by Crippen LogP contribution is -2.45. The molecule has 1 aliphatic carbocycles. The smallest absolute Gasteiger partial charge is 0.260 e. The molecule has 0 unspecified atom stereocenters. The Morgan fingerprint density at radius 2 is 1.76 bits per heavy atom. The number of benzene rings is 1. The summed E-state index contributed by atoms with van der Waals surface area (Å²) >= 11 is 5.82. The lowest BCUT2D eigenvalue weighted by Gasteiger charge is -2.29. The first-order chi connectivity index (χ1) is 10.1. The molecule has 0 aliphatic heterocycles. The van der Waals surface area contributed by atoms with Crippen molar-refractivity contribution >= 4 is 17.5 Å². The molecule has 1 fully saturated rings. The van der Waals surface area contributed by atoms with E-state index in [1.807, 2.05) is 7.05 Å². The zero-order valence-corrected chi connectivity index (χ0v) is 13.3. The van der Waals surface area contributed by atoms with Crippen LogP contribution in [0.4, 0.5) is 0 Å². The van der Waals surface area contributed by atoms with Crippen LogP contribution in [-0.4, -0.2) is 31.1 Å². The lowest BCUT2D eigenvalue weighted by atomic mass is 9.91. The Bertz CT molecular complexity index is 456. The summed E-state index contributed by atoms with van der Waals surface area (Å²) in [6.07, 6.45) is 3.74. The second-order valence-electron chi connectivity index (χ2n) is 5.56. The topological polar surface area (TPSA) is 50.4 Å². The van der Waals surface area contributed by atoms with Crippen LogP contribution in [0.3, 0.4) is 0 Å². The maximum atomic E-state index is 12.2. The van der Waals surface area contributed by atoms with Crippen LogP contribution in [-0.2, 0) is 4.79 Å². The summed E-state index contributed by atoms with van der Waals surface area (Å²) in [5.74, 6) is 0.596. The largest absolute Gasteiger partial charge is 0.481 e. The second kappa shape index (κ2) is 7.66. The molecule has 116 valence electrons. The monoisotopic (exact) mass is 310 g/mol. The van der Waals surface area contributed by atoms with Crippen LogP contribution >= 0.6 is 11.6 Å². The van der Waals surface area contributed by atoms with Crippen LogP contribution in [0.1, 0.15) is 32.6 Å². The summed E-state index contributed by atoms with van der Waals surface area (Å²) < 4.78 is 5.63. The molecular formula is C16H23ClN2O2. The number of carbonyl (C=O) groups is 1. The van der Waals surface area contributed by atoms with Crippen LogP contribution in [0.15, 0.2) is 24.3 Å². The average molecular weight is 311 g/mol. The highest BCUT2D eigenvalue weighted by atomic mass is 35.5. The van der Waals surface area contributed by atoms with Gasteiger partial charge in [0.2, 0.25) is 0 Å². The molecule has 1 aromatic carbocycles. The molecule has 1 atom stereocenters. The van der Waals surface area contributed by atoms with Gasteiger partial charge in [0, 0.05) is 17.1 Å². The van der Waals surface area contributed by atoms with Crippen LogP contribution in [0.25, 0.3) is 0 Å². The van der Waals surface area contributed by atoms with Gasteiger partial charge < -0.3 is 15.4 Å². The van der Waals surface area contributed by atoms with Crippen LogP contribution < -0.4 is 15.4 Å². The van der Waals surface area contributed by atoms with Gasteiger partial charge in [0.25, 0.3) is 5.91 Å². The molecule has 0 heterocycles. The van der Waals surface area contributed by atoms with Gasteiger partial charge >= 0.3 is 0 Å². The van der Waals surface area contributed by atoms with Gasteiger partial charge in [-0.05, 0) is 63.9 Å². The van der Waals surface area contributed by atoms with Gasteiger partial charge in [-0.3, -0.25) is 4.79 Å². The van der Waals surface area contributed by atoms with E-state index in [9.17, 15) is 4.79 Å². The minimum Gasteiger partial charge on any atom is -0.481 e. The van der Waals surface area contributed by atoms with E-state index >= 15 is 0 Å². The van der Waals surface area contributed by atoms with Crippen molar-refractivity contribution in [3.63, 3.8) is 0 Å². The Morgan fingerprint density at radius 3 is 2.33 bits per heavy atom. The first-order valence-electron chi connectivity index (χ1n) is 7.48. The van der Waals surface area contributed by atoms with Gasteiger partial charge in [-0.2, -0.15) is 0 Å². The zero-order valence-electron chi connectivity index (χ0n) is 12.6. The number of halogens is 1. The van der Waals surface area contributed by atoms with Gasteiger partial charge in [0.15, 0.2) is 6.10 Å². The first-order valence-corrected chi connectivity index (χ1v) is 7.86. The van der Waals surface area contributed by atoms with Crippen molar-refractivity contribution in [1.82, 2.24) is 10.6 Å². The van der Waals surface area contributed by atoms with E-state index in [1.54, 1.807) is 31.2 Å². The fourth-order valence-corrected chi connectivity index (χ4v) is 2.74. The molecule has 0 saturated heterocycles. The molecule has 0 spiro atoms. The predicted octanol–water partition coefficient (Wildman–Crippen LogP) is 2.75. The summed E-state index contributed by atoms with van der Waals surface area (Å²) in [7, 11) is 1.99. The number of ether oxygens (including phenoxy) is 1. The van der Waals surface area contributed by atoms with E-state index in [2.05, 4.69) is 10.6 Å². The van der Waals surface area contributed by atoms with Crippen molar-refractivity contribution in [2.75, 3.05) is 7.05 Å². The van der Waals surface area contributed by atoms with Crippen LogP contribution in [0.2, 0.25) is 5.02 Å². The summed E-state index contributed by atoms with van der Waals surface area (Å²) in [5, 5.41) is 7.02. The molecule has 0 radical (unpaired) electrons. The molecule has 0 bridgehead atoms. The maximum absolute atomic E-state index is 12.2. The fourth-order valence-electron chi connectivity index (χ4n) is 2.62. The minimum absolute atomic E-state index is 0.0575. The number of carbonyl (C=O) groups excluding carboxylic acids is 1. The van der Waals surface area contributed by atoms with Crippen LogP contribution in [0.5, 0.6) is 5.75 Å². The van der Waals surface area contributed by atoms with Crippen LogP contribution in [0, 0.1) is 0 Å². The highest BCUT2D eigenvalue weighted by Gasteiger charge is 2.23. The predicted molar refractivity (Wildman–Crippen MR) is 84.8 cm³/mol. The molecule has 0 aromatic heterocycles. The summed E-state index contributed by atoms with van der Waals surface area (Å²) in [6, 6.07) is 7.88. The normalized spacial score (nSPS) is 23.4. The summed E-state index contributed by atoms with van der Waals surface area (Å²) in [6.45, 7) is 1.77. The first kappa shape index (κ1) is 16.1. The third-order valence-electron chi connectivity index (χ3n) is 3.98. The van der Waals surface area contributed by atoms with E-state index in [-0.39, 0.29) is 11.9 Å². The number of amides is 1. The van der Waals surface area contributed by atoms with Gasteiger partial charge in [-0.25, -0.2) is 0 Å². The Kier molecular flexibility index (Phi) is 5.88. The van der Waals surface area contributed by atoms with Crippen molar-refractivity contribution in [2.45, 2.75) is 50.8 Å². The standard InChI is InChI=1S/C16H23ClN2O2/c1-11(21-15-9-3-12(17)4-10-15)16(20)19-14-7-5-13(18-2)6-8-14/h3-4,9-11,13-14,18H,5-8H2,1-2H3,(H,19,20)/t11-,13?,14?/m0/s1. The van der Waals surface area contributed by atoms with E-state index in [1.165, 1.54) is 0 Å². The van der Waals surface area contributed by atoms with Gasteiger partial charge in [-0.1, -0.05) is 11.6 Å². The van der Waals surface area contributed by atoms with Gasteiger partial charge in [0.05, 0.1) is 0 Å². The zero-order chi connectivity index (χ0) is 15.2. The van der Waals surface area contributed by atoms with Crippen molar-refractivity contribution in [2.24, 2.45) is 0 Å². The Balaban J connectivity index is 1.78. The third kappa shape index (κ3) is 4.90. The molecular weight excluding hydrogens is 288 g/mol. The maximum Gasteiger partial charge on any atom is 0.260 e. The van der Waals surface area contributed by atoms with Crippen molar-refractivity contribution in [1.29, 1.82) is 0 Å². The Labute approximate surface area is 131 Å². The number of hydrogen-bond acceptors (Lipinski definition) is 3. The molecule has 4 nitrogen and oxygen atoms in total. The minimum atomic E-state index is -0.506. The van der Waals surface area contributed by atoms with E-state index in [0.717, 1.165) is 25.7 Å². The molecule has 1 amide bonds. The highest BCUT2D eigenvalue weighted by Crippen LogP contribution is 2.19. The summed E-state index contributed by atoms with van der Waals surface area (Å²) in [4.78, 5) is 12.2. The van der Waals surface area contributed by atoms with E-state index in [0.29, 0.717) is 16.8 Å². The molecule has 2 N–H and O–H groups in total. The number of rotatable bonds is 5. The van der Waals surface area contributed by atoms with Crippen molar-refractivity contribution < 1.29 is 9.53 Å². The quantitative estimate of drug-likeness (QED) is 0.879. The molecule has 1 aromatic rings. The van der Waals surface area contributed by atoms with Gasteiger partial charge in [-0.15, -0.1) is 0 Å². The van der Waals surface area contributed by atoms with E-state index < -0.39 is 6.10 Å². The lowest BCUT2D eigenvalue weighted by molar-refractivity contribution is -0.128. The SMILES string of the molecule is CNC1CCC(NC(=O)[C@H](C)Oc2ccc(Cl)cc2)CC1. The van der Waals surface area contributed by atoms with E-state index in [4.69, 9.17) is 16.3 Å². The molecule has 1 aliphatic rings. The fraction of sp³-hybridized carbons (Fsp3) is 0.562. The molecule has 21 heavy (non-hydrogen) atoms. The molecule has 1 saturated carbocycles. The summed E-state index contributed by atoms with van der Waals surface area (Å²) in [5.41, 5.74) is 0. The Morgan fingerprint density at radius 1 is 1.19 bits per heavy atom. The molecule has 2 rings (SSSR count). The number of nitrogens with one attached hydrogen (secondary N) is 2. The number of hydrogen-bond donors (Lipinski definition) is 2. The third-order valence-corrected chi connectivity index (χ3v) is 4.23. The second-order valence-corrected chi connectivity index (χ2v) is 6.00. The van der Waals surface area contributed by atoms with Crippen molar-refractivity contribution in [3.8, 4) is 5.75 Å². The van der Waals surface area contributed by atoms with Crippen molar-refractivity contribution in [3.05, 3.63) is 29.3 Å². The average Bonchev–Trinajstić information content (AvgIpc) is 2.50. The molecule has 5 heteroatoms. The Hall–Kier alpha value is -1.26. The highest BCUT2D eigenvalue weighted by molar-refractivity contribution is 6.30. The van der Waals surface area contributed by atoms with Gasteiger partial charge in [0.1, 0.15) is 5.75 Å².